The predicted molar refractivity (Wildman–Crippen MR) is 162 cm³/mol. The Labute approximate surface area is 254 Å². The first-order valence-corrected chi connectivity index (χ1v) is 14.6. The molecule has 0 radical (unpaired) electrons. The smallest absolute Gasteiger partial charge is 0.434 e. The van der Waals surface area contributed by atoms with Crippen LogP contribution in [0.3, 0.4) is 0 Å². The molecule has 0 aliphatic carbocycles. The van der Waals surface area contributed by atoms with Crippen LogP contribution in [0.1, 0.15) is 56.7 Å². The number of fused-ring (bicyclic) bond motifs is 1. The van der Waals surface area contributed by atoms with E-state index in [9.17, 15) is 32.7 Å². The van der Waals surface area contributed by atoms with Crippen molar-refractivity contribution in [3.63, 3.8) is 0 Å². The molecule has 0 bridgehead atoms. The molecule has 10 nitrogen and oxygen atoms in total. The number of nitrogens with one attached hydrogen (secondary N) is 2. The number of halogens is 3. The molecule has 0 saturated carbocycles. The first-order valence-electron chi connectivity index (χ1n) is 13.7. The Balaban J connectivity index is 1.98. The molecule has 3 heterocycles. The first kappa shape index (κ1) is 32.6. The van der Waals surface area contributed by atoms with Crippen molar-refractivity contribution in [3.8, 4) is 21.7 Å². The largest absolute Gasteiger partial charge is 0.462 e. The lowest BCUT2D eigenvalue weighted by Crippen LogP contribution is -2.30. The number of aliphatic hydroxyl groups is 1. The number of amides is 2. The molecule has 0 aliphatic rings. The van der Waals surface area contributed by atoms with Crippen LogP contribution in [-0.4, -0.2) is 51.4 Å². The fraction of sp³-hybridized carbons (Fsp3) is 0.367. The fourth-order valence-corrected chi connectivity index (χ4v) is 5.55. The van der Waals surface area contributed by atoms with Crippen LogP contribution in [0.25, 0.3) is 32.6 Å². The molecular formula is C30H32F3N5O5S. The molecule has 14 heteroatoms. The normalized spacial score (nSPS) is 12.7. The Morgan fingerprint density at radius 2 is 1.86 bits per heavy atom. The summed E-state index contributed by atoms with van der Waals surface area (Å²) >= 11 is 0.765. The number of anilines is 1. The summed E-state index contributed by atoms with van der Waals surface area (Å²) in [5, 5.41) is 16.4. The molecule has 0 saturated heterocycles. The van der Waals surface area contributed by atoms with Gasteiger partial charge in [-0.3, -0.25) is 10.1 Å². The Kier molecular flexibility index (Phi) is 9.44. The van der Waals surface area contributed by atoms with Crippen LogP contribution in [0.5, 0.6) is 0 Å². The van der Waals surface area contributed by atoms with Crippen LogP contribution in [-0.2, 0) is 10.9 Å². The van der Waals surface area contributed by atoms with E-state index in [1.807, 2.05) is 20.8 Å². The van der Waals surface area contributed by atoms with Crippen LogP contribution in [0.4, 0.5) is 23.8 Å². The van der Waals surface area contributed by atoms with Crippen LogP contribution in [0.2, 0.25) is 0 Å². The number of urea groups is 1. The highest BCUT2D eigenvalue weighted by molar-refractivity contribution is 7.13. The van der Waals surface area contributed by atoms with Gasteiger partial charge in [0.25, 0.3) is 0 Å². The quantitative estimate of drug-likeness (QED) is 0.200. The van der Waals surface area contributed by atoms with E-state index in [2.05, 4.69) is 20.6 Å². The second-order valence-corrected chi connectivity index (χ2v) is 11.8. The van der Waals surface area contributed by atoms with Crippen molar-refractivity contribution in [2.75, 3.05) is 25.1 Å². The van der Waals surface area contributed by atoms with Crippen LogP contribution >= 0.6 is 11.3 Å². The lowest BCUT2D eigenvalue weighted by atomic mass is 9.86. The number of nitrogens with zero attached hydrogens (tertiary/aromatic N) is 3. The summed E-state index contributed by atoms with van der Waals surface area (Å²) in [6.45, 7) is 9.16. The number of esters is 1. The summed E-state index contributed by atoms with van der Waals surface area (Å²) in [6.07, 6.45) is -1.92. The van der Waals surface area contributed by atoms with E-state index in [4.69, 9.17) is 4.74 Å². The zero-order valence-corrected chi connectivity index (χ0v) is 25.5. The van der Waals surface area contributed by atoms with Gasteiger partial charge in [0.15, 0.2) is 5.69 Å². The van der Waals surface area contributed by atoms with Crippen LogP contribution in [0, 0.1) is 5.41 Å². The monoisotopic (exact) mass is 631 g/mol. The molecule has 1 aromatic carbocycles. The molecular weight excluding hydrogens is 599 g/mol. The number of hydrogen-bond donors (Lipinski definition) is 3. The minimum atomic E-state index is -4.67. The van der Waals surface area contributed by atoms with E-state index in [-0.39, 0.29) is 40.6 Å². The van der Waals surface area contributed by atoms with Crippen molar-refractivity contribution in [2.24, 2.45) is 5.41 Å². The van der Waals surface area contributed by atoms with Crippen molar-refractivity contribution in [1.82, 2.24) is 19.9 Å². The summed E-state index contributed by atoms with van der Waals surface area (Å²) in [4.78, 5) is 46.7. The number of aliphatic hydroxyl groups excluding tert-OH is 1. The minimum absolute atomic E-state index is 0.0135. The number of carbonyl (C=O) groups excluding carboxylic acids is 2. The molecule has 44 heavy (non-hydrogen) atoms. The molecule has 0 fully saturated rings. The molecule has 0 unspecified atom stereocenters. The van der Waals surface area contributed by atoms with E-state index in [1.54, 1.807) is 30.5 Å². The van der Waals surface area contributed by atoms with Gasteiger partial charge < -0.3 is 19.7 Å². The summed E-state index contributed by atoms with van der Waals surface area (Å²) < 4.78 is 47.1. The zero-order valence-electron chi connectivity index (χ0n) is 24.7. The van der Waals surface area contributed by atoms with Gasteiger partial charge >= 0.3 is 18.2 Å². The third kappa shape index (κ3) is 6.76. The minimum Gasteiger partial charge on any atom is -0.462 e. The van der Waals surface area contributed by atoms with Crippen molar-refractivity contribution in [1.29, 1.82) is 0 Å². The molecule has 4 aromatic rings. The Morgan fingerprint density at radius 1 is 1.14 bits per heavy atom. The van der Waals surface area contributed by atoms with Gasteiger partial charge in [0, 0.05) is 40.8 Å². The van der Waals surface area contributed by atoms with E-state index < -0.39 is 40.8 Å². The number of aromatic nitrogens is 3. The third-order valence-electron chi connectivity index (χ3n) is 6.85. The number of hydrogen-bond acceptors (Lipinski definition) is 8. The van der Waals surface area contributed by atoms with E-state index in [0.717, 1.165) is 16.7 Å². The average molecular weight is 632 g/mol. The van der Waals surface area contributed by atoms with Crippen molar-refractivity contribution < 1.29 is 32.6 Å². The number of carbonyl (C=O) groups is 2. The van der Waals surface area contributed by atoms with E-state index in [1.165, 1.54) is 24.5 Å². The van der Waals surface area contributed by atoms with Gasteiger partial charge in [0.1, 0.15) is 16.4 Å². The maximum atomic E-state index is 13.7. The molecule has 1 atom stereocenters. The Morgan fingerprint density at radius 3 is 2.45 bits per heavy atom. The van der Waals surface area contributed by atoms with Crippen LogP contribution < -0.4 is 16.1 Å². The number of alkyl halides is 3. The number of thiazole rings is 1. The second-order valence-electron chi connectivity index (χ2n) is 10.9. The first-order chi connectivity index (χ1) is 20.7. The van der Waals surface area contributed by atoms with E-state index >= 15 is 0 Å². The van der Waals surface area contributed by atoms with Crippen molar-refractivity contribution >= 4 is 40.1 Å². The summed E-state index contributed by atoms with van der Waals surface area (Å²) in [5.41, 5.74) is -1.00. The maximum Gasteiger partial charge on any atom is 0.434 e. The topological polar surface area (TPSA) is 135 Å². The lowest BCUT2D eigenvalue weighted by molar-refractivity contribution is -0.140. The standard InChI is InChI=1S/C30H32F3N5O5S/c1-6-34-28(42)37-24-11-17(26-36-22(15-44-26)30(31,32)33)19(12-35-24)16-8-9-21-18(10-16)25(40)20(27(41)43-7-2)13-38(21)23(14-39)29(3,4)5/h8-13,15,23,39H,6-7,14H2,1-5H3,(H2,34,35,37,42)/t23-/m1/s1. The summed E-state index contributed by atoms with van der Waals surface area (Å²) in [6, 6.07) is 5.14. The second kappa shape index (κ2) is 12.7. The van der Waals surface area contributed by atoms with Gasteiger partial charge in [-0.1, -0.05) is 26.8 Å². The molecule has 0 spiro atoms. The summed E-state index contributed by atoms with van der Waals surface area (Å²) in [5.74, 6) is -0.753. The highest BCUT2D eigenvalue weighted by Crippen LogP contribution is 2.39. The molecule has 3 aromatic heterocycles. The van der Waals surface area contributed by atoms with Crippen LogP contribution in [0.15, 0.2) is 46.8 Å². The number of benzene rings is 1. The number of rotatable bonds is 8. The Bertz CT molecular complexity index is 1760. The SMILES string of the molecule is CCNC(=O)Nc1cc(-c2nc(C(F)(F)F)cs2)c(-c2ccc3c(c2)c(=O)c(C(=O)OCC)cn3[C@H](CO)C(C)(C)C)cn1. The van der Waals surface area contributed by atoms with E-state index in [0.29, 0.717) is 23.2 Å². The molecule has 234 valence electrons. The van der Waals surface area contributed by atoms with Gasteiger partial charge in [0.2, 0.25) is 5.43 Å². The average Bonchev–Trinajstić information content (AvgIpc) is 3.45. The highest BCUT2D eigenvalue weighted by atomic mass is 32.1. The predicted octanol–water partition coefficient (Wildman–Crippen LogP) is 6.10. The molecule has 0 aliphatic heterocycles. The molecule has 4 rings (SSSR count). The Hall–Kier alpha value is -4.30. The van der Waals surface area contributed by atoms with Gasteiger partial charge in [-0.2, -0.15) is 13.2 Å². The lowest BCUT2D eigenvalue weighted by Gasteiger charge is -2.33. The summed E-state index contributed by atoms with van der Waals surface area (Å²) in [7, 11) is 0. The third-order valence-corrected chi connectivity index (χ3v) is 7.73. The number of pyridine rings is 2. The molecule has 2 amide bonds. The maximum absolute atomic E-state index is 13.7. The van der Waals surface area contributed by atoms with Crippen molar-refractivity contribution in [3.05, 3.63) is 63.5 Å². The molecule has 3 N–H and O–H groups in total. The van der Waals surface area contributed by atoms with Gasteiger partial charge in [-0.05, 0) is 43.0 Å². The van der Waals surface area contributed by atoms with Gasteiger partial charge in [0.05, 0.1) is 24.8 Å². The zero-order chi connectivity index (χ0) is 32.4. The van der Waals surface area contributed by atoms with Gasteiger partial charge in [-0.15, -0.1) is 11.3 Å². The van der Waals surface area contributed by atoms with Crippen molar-refractivity contribution in [2.45, 2.75) is 46.8 Å². The fourth-order valence-electron chi connectivity index (χ4n) is 4.69. The number of ether oxygens (including phenoxy) is 1. The van der Waals surface area contributed by atoms with Gasteiger partial charge in [-0.25, -0.2) is 19.6 Å². The highest BCUT2D eigenvalue weighted by Gasteiger charge is 2.34.